The summed E-state index contributed by atoms with van der Waals surface area (Å²) in [7, 11) is 0. The lowest BCUT2D eigenvalue weighted by molar-refractivity contribution is 0.103. The standard InChI is InChI=1S/C31H28O3/c1-3-9-23-11-5-7-13-29(23)33-27-19-15-25(16-20-27)31(32)26-17-21-28(22-18-26)34-30-14-8-6-12-24(30)10-4-2/h3-5,7-11,13-22H,6,12H2,1-2H3/b9-3+,10-4+. The van der Waals surface area contributed by atoms with Crippen LogP contribution in [-0.2, 0) is 0 Å². The predicted octanol–water partition coefficient (Wildman–Crippen LogP) is 8.30. The van der Waals surface area contributed by atoms with Gasteiger partial charge in [0.25, 0.3) is 0 Å². The van der Waals surface area contributed by atoms with Gasteiger partial charge in [-0.2, -0.15) is 0 Å². The van der Waals surface area contributed by atoms with Crippen LogP contribution in [0.1, 0.15) is 48.2 Å². The highest BCUT2D eigenvalue weighted by atomic mass is 16.5. The smallest absolute Gasteiger partial charge is 0.193 e. The van der Waals surface area contributed by atoms with Crippen LogP contribution < -0.4 is 9.47 Å². The van der Waals surface area contributed by atoms with E-state index in [1.807, 2.05) is 86.7 Å². The summed E-state index contributed by atoms with van der Waals surface area (Å²) >= 11 is 0. The quantitative estimate of drug-likeness (QED) is 0.325. The van der Waals surface area contributed by atoms with Crippen LogP contribution in [0.3, 0.4) is 0 Å². The topological polar surface area (TPSA) is 35.5 Å². The van der Waals surface area contributed by atoms with E-state index in [1.165, 1.54) is 5.57 Å². The molecule has 34 heavy (non-hydrogen) atoms. The number of para-hydroxylation sites is 1. The monoisotopic (exact) mass is 448 g/mol. The molecule has 0 radical (unpaired) electrons. The fraction of sp³-hybridized carbons (Fsp3) is 0.129. The third-order valence-electron chi connectivity index (χ3n) is 5.49. The van der Waals surface area contributed by atoms with Crippen molar-refractivity contribution in [3.8, 4) is 17.2 Å². The Morgan fingerprint density at radius 1 is 0.765 bits per heavy atom. The van der Waals surface area contributed by atoms with E-state index in [0.717, 1.165) is 29.9 Å². The molecule has 4 rings (SSSR count). The molecular weight excluding hydrogens is 420 g/mol. The minimum atomic E-state index is -0.0428. The Labute approximate surface area is 201 Å². The number of allylic oxidation sites excluding steroid dienone is 6. The molecule has 0 aromatic heterocycles. The Bertz CT molecular complexity index is 1260. The van der Waals surface area contributed by atoms with Gasteiger partial charge in [0, 0.05) is 16.7 Å². The van der Waals surface area contributed by atoms with Crippen molar-refractivity contribution in [1.29, 1.82) is 0 Å². The highest BCUT2D eigenvalue weighted by Gasteiger charge is 2.12. The van der Waals surface area contributed by atoms with Crippen LogP contribution in [-0.4, -0.2) is 5.78 Å². The molecule has 3 nitrogen and oxygen atoms in total. The average Bonchev–Trinajstić information content (AvgIpc) is 2.87. The Balaban J connectivity index is 1.45. The first-order valence-corrected chi connectivity index (χ1v) is 11.5. The van der Waals surface area contributed by atoms with Gasteiger partial charge in [0.15, 0.2) is 5.78 Å². The summed E-state index contributed by atoms with van der Waals surface area (Å²) in [5.41, 5.74) is 3.41. The SMILES string of the molecule is C/C=C/C1=C(Oc2ccc(C(=O)c3ccc(Oc4ccccc4/C=C/C)cc3)cc2)C=CCC1. The molecule has 0 fully saturated rings. The maximum atomic E-state index is 13.0. The van der Waals surface area contributed by atoms with Crippen molar-refractivity contribution in [2.75, 3.05) is 0 Å². The normalized spacial score (nSPS) is 13.6. The molecule has 0 amide bonds. The summed E-state index contributed by atoms with van der Waals surface area (Å²) in [6.45, 7) is 3.98. The molecule has 170 valence electrons. The van der Waals surface area contributed by atoms with Gasteiger partial charge in [-0.15, -0.1) is 0 Å². The molecule has 3 heteroatoms. The molecular formula is C31H28O3. The van der Waals surface area contributed by atoms with Gasteiger partial charge >= 0.3 is 0 Å². The lowest BCUT2D eigenvalue weighted by atomic mass is 10.0. The first kappa shape index (κ1) is 23.1. The van der Waals surface area contributed by atoms with Crippen LogP contribution in [0.25, 0.3) is 6.08 Å². The van der Waals surface area contributed by atoms with E-state index in [1.54, 1.807) is 24.3 Å². The Hall–Kier alpha value is -4.11. The summed E-state index contributed by atoms with van der Waals surface area (Å²) in [5, 5.41) is 0. The number of benzene rings is 3. The molecule has 0 atom stereocenters. The summed E-state index contributed by atoms with van der Waals surface area (Å²) in [4.78, 5) is 13.0. The van der Waals surface area contributed by atoms with Crippen molar-refractivity contribution >= 4 is 11.9 Å². The molecule has 0 heterocycles. The molecule has 0 saturated carbocycles. The van der Waals surface area contributed by atoms with Crippen molar-refractivity contribution in [3.05, 3.63) is 131 Å². The molecule has 0 aliphatic heterocycles. The molecule has 3 aromatic rings. The molecule has 0 unspecified atom stereocenters. The number of hydrogen-bond donors (Lipinski definition) is 0. The number of ether oxygens (including phenoxy) is 2. The van der Waals surface area contributed by atoms with Crippen molar-refractivity contribution in [2.45, 2.75) is 26.7 Å². The first-order valence-electron chi connectivity index (χ1n) is 11.5. The van der Waals surface area contributed by atoms with E-state index in [4.69, 9.17) is 9.47 Å². The zero-order valence-electron chi connectivity index (χ0n) is 19.5. The van der Waals surface area contributed by atoms with Gasteiger partial charge in [-0.05, 0) is 92.9 Å². The van der Waals surface area contributed by atoms with E-state index < -0.39 is 0 Å². The fourth-order valence-corrected chi connectivity index (χ4v) is 3.79. The molecule has 0 N–H and O–H groups in total. The van der Waals surface area contributed by atoms with Gasteiger partial charge in [0.1, 0.15) is 23.0 Å². The number of ketones is 1. The molecule has 3 aromatic carbocycles. The van der Waals surface area contributed by atoms with Crippen LogP contribution in [0.15, 0.2) is 115 Å². The summed E-state index contributed by atoms with van der Waals surface area (Å²) in [6, 6.07) is 22.4. The second-order valence-electron chi connectivity index (χ2n) is 7.95. The van der Waals surface area contributed by atoms with Crippen molar-refractivity contribution < 1.29 is 14.3 Å². The average molecular weight is 449 g/mol. The third kappa shape index (κ3) is 5.62. The van der Waals surface area contributed by atoms with Crippen LogP contribution in [0.4, 0.5) is 0 Å². The summed E-state index contributed by atoms with van der Waals surface area (Å²) in [5.74, 6) is 2.98. The Morgan fingerprint density at radius 3 is 2.03 bits per heavy atom. The van der Waals surface area contributed by atoms with E-state index in [0.29, 0.717) is 22.6 Å². The van der Waals surface area contributed by atoms with Crippen molar-refractivity contribution in [3.63, 3.8) is 0 Å². The third-order valence-corrected chi connectivity index (χ3v) is 5.49. The van der Waals surface area contributed by atoms with Gasteiger partial charge in [-0.3, -0.25) is 4.79 Å². The van der Waals surface area contributed by atoms with Crippen LogP contribution in [0.5, 0.6) is 17.2 Å². The van der Waals surface area contributed by atoms with Gasteiger partial charge in [-0.25, -0.2) is 0 Å². The Morgan fingerprint density at radius 2 is 1.38 bits per heavy atom. The summed E-state index contributed by atoms with van der Waals surface area (Å²) in [6.07, 6.45) is 14.2. The van der Waals surface area contributed by atoms with E-state index in [2.05, 4.69) is 12.2 Å². The second-order valence-corrected chi connectivity index (χ2v) is 7.95. The second kappa shape index (κ2) is 11.2. The highest BCUT2D eigenvalue weighted by Crippen LogP contribution is 2.28. The van der Waals surface area contributed by atoms with Crippen LogP contribution >= 0.6 is 0 Å². The Kier molecular flexibility index (Phi) is 7.56. The zero-order valence-corrected chi connectivity index (χ0v) is 19.5. The van der Waals surface area contributed by atoms with Gasteiger partial charge < -0.3 is 9.47 Å². The number of hydrogen-bond acceptors (Lipinski definition) is 3. The molecule has 0 spiro atoms. The van der Waals surface area contributed by atoms with Gasteiger partial charge in [0.05, 0.1) is 0 Å². The fourth-order valence-electron chi connectivity index (χ4n) is 3.79. The minimum absolute atomic E-state index is 0.0428. The van der Waals surface area contributed by atoms with E-state index in [-0.39, 0.29) is 5.78 Å². The van der Waals surface area contributed by atoms with Gasteiger partial charge in [0.2, 0.25) is 0 Å². The maximum absolute atomic E-state index is 13.0. The van der Waals surface area contributed by atoms with E-state index in [9.17, 15) is 4.79 Å². The van der Waals surface area contributed by atoms with E-state index >= 15 is 0 Å². The highest BCUT2D eigenvalue weighted by molar-refractivity contribution is 6.09. The lowest BCUT2D eigenvalue weighted by Gasteiger charge is -2.14. The van der Waals surface area contributed by atoms with Crippen LogP contribution in [0.2, 0.25) is 0 Å². The van der Waals surface area contributed by atoms with Crippen LogP contribution in [0, 0.1) is 0 Å². The number of carbonyl (C=O) groups excluding carboxylic acids is 1. The largest absolute Gasteiger partial charge is 0.457 e. The van der Waals surface area contributed by atoms with Crippen molar-refractivity contribution in [2.24, 2.45) is 0 Å². The lowest BCUT2D eigenvalue weighted by Crippen LogP contribution is -2.03. The minimum Gasteiger partial charge on any atom is -0.457 e. The number of carbonyl (C=O) groups is 1. The number of rotatable bonds is 8. The predicted molar refractivity (Wildman–Crippen MR) is 138 cm³/mol. The molecule has 0 bridgehead atoms. The maximum Gasteiger partial charge on any atom is 0.193 e. The molecule has 1 aliphatic rings. The summed E-state index contributed by atoms with van der Waals surface area (Å²) < 4.78 is 12.1. The molecule has 1 aliphatic carbocycles. The van der Waals surface area contributed by atoms with Crippen molar-refractivity contribution in [1.82, 2.24) is 0 Å². The molecule has 0 saturated heterocycles. The first-order chi connectivity index (χ1) is 16.7. The zero-order chi connectivity index (χ0) is 23.8. The van der Waals surface area contributed by atoms with Gasteiger partial charge in [-0.1, -0.05) is 48.6 Å².